The highest BCUT2D eigenvalue weighted by Gasteiger charge is 2.17. The molecule has 0 N–H and O–H groups in total. The van der Waals surface area contributed by atoms with Crippen LogP contribution in [0.2, 0.25) is 0 Å². The molecular weight excluding hydrogens is 372 g/mol. The Labute approximate surface area is 168 Å². The van der Waals surface area contributed by atoms with E-state index >= 15 is 0 Å². The average Bonchev–Trinajstić information content (AvgIpc) is 3.09. The van der Waals surface area contributed by atoms with Crippen molar-refractivity contribution in [3.8, 4) is 6.07 Å². The number of carbonyl (C=O) groups is 1. The lowest BCUT2D eigenvalue weighted by atomic mass is 10.2. The Morgan fingerprint density at radius 1 is 1.11 bits per heavy atom. The summed E-state index contributed by atoms with van der Waals surface area (Å²) in [6.07, 6.45) is 0.0884. The number of nitriles is 1. The van der Waals surface area contributed by atoms with Crippen molar-refractivity contribution in [1.29, 1.82) is 5.26 Å². The molecule has 0 unspecified atom stereocenters. The van der Waals surface area contributed by atoms with Crippen LogP contribution in [0.25, 0.3) is 0 Å². The van der Waals surface area contributed by atoms with Gasteiger partial charge in [0.1, 0.15) is 12.2 Å². The summed E-state index contributed by atoms with van der Waals surface area (Å²) in [5.41, 5.74) is 2.83. The molecule has 0 radical (unpaired) electrons. The van der Waals surface area contributed by atoms with E-state index in [4.69, 9.17) is 10.00 Å². The number of rotatable bonds is 8. The molecule has 0 aliphatic heterocycles. The highest BCUT2D eigenvalue weighted by atomic mass is 32.2. The number of nitrogens with zero attached hydrogens (tertiary/aromatic N) is 4. The molecule has 0 aliphatic rings. The molecule has 0 bridgehead atoms. The van der Waals surface area contributed by atoms with Crippen molar-refractivity contribution in [2.24, 2.45) is 0 Å². The molecule has 0 aliphatic carbocycles. The van der Waals surface area contributed by atoms with Gasteiger partial charge in [-0.3, -0.25) is 4.79 Å². The van der Waals surface area contributed by atoms with Crippen LogP contribution in [0.5, 0.6) is 0 Å². The lowest BCUT2D eigenvalue weighted by Crippen LogP contribution is -2.14. The fourth-order valence-corrected chi connectivity index (χ4v) is 3.56. The molecule has 0 spiro atoms. The fraction of sp³-hybridized carbons (Fsp3) is 0.238. The molecule has 6 nitrogen and oxygen atoms in total. The first-order valence-corrected chi connectivity index (χ1v) is 9.91. The zero-order valence-corrected chi connectivity index (χ0v) is 16.4. The quantitative estimate of drug-likeness (QED) is 0.430. The zero-order chi connectivity index (χ0) is 19.8. The standard InChI is InChI=1S/C21H20N4O2S/c1-2-27-20(26)12-19-23-24-21(25(19)14-17-6-4-3-5-7-17)28-15-18-10-8-16(13-22)9-11-18/h3-11H,2,12,14-15H2,1H3. The predicted octanol–water partition coefficient (Wildman–Crippen LogP) is 3.60. The molecule has 7 heteroatoms. The SMILES string of the molecule is CCOC(=O)Cc1nnc(SCc2ccc(C#N)cc2)n1Cc1ccccc1. The van der Waals surface area contributed by atoms with Gasteiger partial charge in [-0.1, -0.05) is 54.2 Å². The van der Waals surface area contributed by atoms with Gasteiger partial charge in [0.05, 0.1) is 24.8 Å². The van der Waals surface area contributed by atoms with Gasteiger partial charge < -0.3 is 9.30 Å². The van der Waals surface area contributed by atoms with Crippen molar-refractivity contribution in [2.75, 3.05) is 6.61 Å². The molecular formula is C21H20N4O2S. The number of aromatic nitrogens is 3. The molecule has 3 aromatic rings. The lowest BCUT2D eigenvalue weighted by Gasteiger charge is -2.10. The van der Waals surface area contributed by atoms with E-state index in [0.717, 1.165) is 16.3 Å². The van der Waals surface area contributed by atoms with Gasteiger partial charge in [-0.2, -0.15) is 5.26 Å². The smallest absolute Gasteiger partial charge is 0.313 e. The highest BCUT2D eigenvalue weighted by Crippen LogP contribution is 2.23. The number of esters is 1. The third-order valence-electron chi connectivity index (χ3n) is 4.04. The topological polar surface area (TPSA) is 80.8 Å². The molecule has 0 amide bonds. The van der Waals surface area contributed by atoms with Crippen LogP contribution in [0.3, 0.4) is 0 Å². The summed E-state index contributed by atoms with van der Waals surface area (Å²) >= 11 is 1.55. The molecule has 0 atom stereocenters. The molecule has 0 saturated carbocycles. The molecule has 2 aromatic carbocycles. The minimum Gasteiger partial charge on any atom is -0.466 e. The van der Waals surface area contributed by atoms with E-state index in [1.54, 1.807) is 30.8 Å². The first-order valence-electron chi connectivity index (χ1n) is 8.93. The van der Waals surface area contributed by atoms with Gasteiger partial charge in [0.15, 0.2) is 5.16 Å². The third kappa shape index (κ3) is 5.21. The van der Waals surface area contributed by atoms with Gasteiger partial charge in [0, 0.05) is 5.75 Å². The van der Waals surface area contributed by atoms with Crippen LogP contribution in [0.15, 0.2) is 59.8 Å². The van der Waals surface area contributed by atoms with Gasteiger partial charge in [0.25, 0.3) is 0 Å². The molecule has 1 heterocycles. The second-order valence-corrected chi connectivity index (χ2v) is 6.99. The van der Waals surface area contributed by atoms with Crippen LogP contribution >= 0.6 is 11.8 Å². The minimum absolute atomic E-state index is 0.0884. The minimum atomic E-state index is -0.312. The normalized spacial score (nSPS) is 10.4. The first-order chi connectivity index (χ1) is 13.7. The van der Waals surface area contributed by atoms with Crippen molar-refractivity contribution in [1.82, 2.24) is 14.8 Å². The number of benzene rings is 2. The van der Waals surface area contributed by atoms with Crippen LogP contribution in [0.4, 0.5) is 0 Å². The zero-order valence-electron chi connectivity index (χ0n) is 15.5. The van der Waals surface area contributed by atoms with Crippen molar-refractivity contribution < 1.29 is 9.53 Å². The summed E-state index contributed by atoms with van der Waals surface area (Å²) in [5.74, 6) is 0.968. The second-order valence-electron chi connectivity index (χ2n) is 6.05. The van der Waals surface area contributed by atoms with Crippen LogP contribution in [0, 0.1) is 11.3 Å². The Morgan fingerprint density at radius 2 is 1.86 bits per heavy atom. The summed E-state index contributed by atoms with van der Waals surface area (Å²) in [7, 11) is 0. The van der Waals surface area contributed by atoms with E-state index in [0.29, 0.717) is 30.3 Å². The second kappa shape index (κ2) is 9.72. The largest absolute Gasteiger partial charge is 0.466 e. The maximum Gasteiger partial charge on any atom is 0.313 e. The van der Waals surface area contributed by atoms with E-state index in [-0.39, 0.29) is 12.4 Å². The summed E-state index contributed by atoms with van der Waals surface area (Å²) in [4.78, 5) is 11.9. The van der Waals surface area contributed by atoms with Gasteiger partial charge in [0.2, 0.25) is 0 Å². The van der Waals surface area contributed by atoms with E-state index in [1.807, 2.05) is 47.0 Å². The third-order valence-corrected chi connectivity index (χ3v) is 5.07. The Bertz CT molecular complexity index is 962. The Morgan fingerprint density at radius 3 is 2.54 bits per heavy atom. The Kier molecular flexibility index (Phi) is 6.82. The van der Waals surface area contributed by atoms with Gasteiger partial charge in [-0.25, -0.2) is 0 Å². The summed E-state index contributed by atoms with van der Waals surface area (Å²) in [5, 5.41) is 18.2. The van der Waals surface area contributed by atoms with Crippen LogP contribution in [0.1, 0.15) is 29.4 Å². The van der Waals surface area contributed by atoms with E-state index in [9.17, 15) is 4.79 Å². The van der Waals surface area contributed by atoms with Crippen molar-refractivity contribution in [3.05, 3.63) is 77.1 Å². The monoisotopic (exact) mass is 392 g/mol. The summed E-state index contributed by atoms with van der Waals surface area (Å²) < 4.78 is 7.02. The molecule has 28 heavy (non-hydrogen) atoms. The Balaban J connectivity index is 1.79. The van der Waals surface area contributed by atoms with E-state index in [1.165, 1.54) is 0 Å². The number of thioether (sulfide) groups is 1. The number of hydrogen-bond acceptors (Lipinski definition) is 6. The van der Waals surface area contributed by atoms with E-state index < -0.39 is 0 Å². The molecule has 1 aromatic heterocycles. The molecule has 0 fully saturated rings. The van der Waals surface area contributed by atoms with Gasteiger partial charge >= 0.3 is 5.97 Å². The molecule has 0 saturated heterocycles. The summed E-state index contributed by atoms with van der Waals surface area (Å²) in [6.45, 7) is 2.70. The van der Waals surface area contributed by atoms with Crippen molar-refractivity contribution in [3.63, 3.8) is 0 Å². The number of hydrogen-bond donors (Lipinski definition) is 0. The maximum absolute atomic E-state index is 11.9. The van der Waals surface area contributed by atoms with Crippen molar-refractivity contribution in [2.45, 2.75) is 30.8 Å². The fourth-order valence-electron chi connectivity index (χ4n) is 2.65. The Hall–Kier alpha value is -3.11. The molecule has 3 rings (SSSR count). The van der Waals surface area contributed by atoms with Crippen LogP contribution in [-0.2, 0) is 28.2 Å². The summed E-state index contributed by atoms with van der Waals surface area (Å²) in [6, 6.07) is 19.6. The number of carbonyl (C=O) groups excluding carboxylic acids is 1. The lowest BCUT2D eigenvalue weighted by molar-refractivity contribution is -0.142. The number of ether oxygens (including phenoxy) is 1. The van der Waals surface area contributed by atoms with E-state index in [2.05, 4.69) is 16.3 Å². The highest BCUT2D eigenvalue weighted by molar-refractivity contribution is 7.98. The van der Waals surface area contributed by atoms with Gasteiger partial charge in [-0.05, 0) is 30.2 Å². The van der Waals surface area contributed by atoms with Crippen LogP contribution < -0.4 is 0 Å². The maximum atomic E-state index is 11.9. The predicted molar refractivity (Wildman–Crippen MR) is 107 cm³/mol. The average molecular weight is 392 g/mol. The molecule has 142 valence electrons. The first kappa shape index (κ1) is 19.6. The van der Waals surface area contributed by atoms with Gasteiger partial charge in [-0.15, -0.1) is 10.2 Å². The van der Waals surface area contributed by atoms with Crippen LogP contribution in [-0.4, -0.2) is 27.3 Å². The van der Waals surface area contributed by atoms with Crippen molar-refractivity contribution >= 4 is 17.7 Å².